The number of hydrogen-bond acceptors (Lipinski definition) is 3. The molecule has 2 rings (SSSR count). The molecule has 2 aromatic rings. The van der Waals surface area contributed by atoms with E-state index in [2.05, 4.69) is 26.3 Å². The van der Waals surface area contributed by atoms with Crippen LogP contribution in [-0.2, 0) is 7.05 Å². The van der Waals surface area contributed by atoms with E-state index in [9.17, 15) is 9.18 Å². The van der Waals surface area contributed by atoms with Crippen LogP contribution in [0.15, 0.2) is 22.8 Å². The number of anilines is 2. The minimum atomic E-state index is -0.444. The Kier molecular flexibility index (Phi) is 3.57. The van der Waals surface area contributed by atoms with Gasteiger partial charge in [-0.2, -0.15) is 5.10 Å². The minimum absolute atomic E-state index is 0.255. The van der Waals surface area contributed by atoms with Crippen molar-refractivity contribution in [1.82, 2.24) is 9.78 Å². The van der Waals surface area contributed by atoms with E-state index in [0.717, 1.165) is 5.56 Å². The van der Waals surface area contributed by atoms with Gasteiger partial charge >= 0.3 is 0 Å². The molecule has 0 spiro atoms. The number of aromatic nitrogens is 2. The van der Waals surface area contributed by atoms with Gasteiger partial charge in [0.05, 0.1) is 10.7 Å². The summed E-state index contributed by atoms with van der Waals surface area (Å²) >= 11 is 3.09. The van der Waals surface area contributed by atoms with E-state index in [0.29, 0.717) is 10.2 Å². The third kappa shape index (κ3) is 2.60. The summed E-state index contributed by atoms with van der Waals surface area (Å²) in [4.78, 5) is 12.0. The van der Waals surface area contributed by atoms with Crippen LogP contribution < -0.4 is 11.1 Å². The Morgan fingerprint density at radius 3 is 2.79 bits per heavy atom. The van der Waals surface area contributed by atoms with Crippen LogP contribution in [0.4, 0.5) is 15.9 Å². The molecule has 1 amide bonds. The Balaban J connectivity index is 2.29. The van der Waals surface area contributed by atoms with Crippen LogP contribution in [0.1, 0.15) is 15.9 Å². The lowest BCUT2D eigenvalue weighted by molar-refractivity contribution is 0.102. The molecule has 0 saturated heterocycles. The van der Waals surface area contributed by atoms with E-state index in [1.165, 1.54) is 16.9 Å². The van der Waals surface area contributed by atoms with Crippen molar-refractivity contribution < 1.29 is 9.18 Å². The molecule has 5 nitrogen and oxygen atoms in total. The Bertz CT molecular complexity index is 653. The third-order valence-corrected chi connectivity index (χ3v) is 3.35. The lowest BCUT2D eigenvalue weighted by Crippen LogP contribution is -2.14. The highest BCUT2D eigenvalue weighted by Crippen LogP contribution is 2.24. The van der Waals surface area contributed by atoms with E-state index >= 15 is 0 Å². The second-order valence-electron chi connectivity index (χ2n) is 4.10. The summed E-state index contributed by atoms with van der Waals surface area (Å²) in [6.07, 6.45) is 1.37. The molecule has 19 heavy (non-hydrogen) atoms. The van der Waals surface area contributed by atoms with Gasteiger partial charge in [-0.3, -0.25) is 9.48 Å². The molecule has 1 heterocycles. The molecule has 3 N–H and O–H groups in total. The Labute approximate surface area is 117 Å². The van der Waals surface area contributed by atoms with Crippen molar-refractivity contribution in [1.29, 1.82) is 0 Å². The number of hydrogen-bond donors (Lipinski definition) is 2. The maximum atomic E-state index is 13.5. The fourth-order valence-corrected chi connectivity index (χ4v) is 2.05. The van der Waals surface area contributed by atoms with Crippen LogP contribution in [0.25, 0.3) is 0 Å². The van der Waals surface area contributed by atoms with Gasteiger partial charge in [0, 0.05) is 12.7 Å². The first-order chi connectivity index (χ1) is 8.90. The van der Waals surface area contributed by atoms with Gasteiger partial charge in [-0.1, -0.05) is 0 Å². The predicted octanol–water partition coefficient (Wildman–Crippen LogP) is 2.46. The lowest BCUT2D eigenvalue weighted by atomic mass is 10.2. The summed E-state index contributed by atoms with van der Waals surface area (Å²) in [5.74, 6) is -0.608. The van der Waals surface area contributed by atoms with E-state index in [1.807, 2.05) is 0 Å². The fraction of sp³-hybridized carbons (Fsp3) is 0.167. The molecule has 0 radical (unpaired) electrons. The van der Waals surface area contributed by atoms with Crippen LogP contribution >= 0.6 is 15.9 Å². The zero-order chi connectivity index (χ0) is 14.2. The van der Waals surface area contributed by atoms with Crippen LogP contribution in [-0.4, -0.2) is 15.7 Å². The van der Waals surface area contributed by atoms with Gasteiger partial charge in [0.1, 0.15) is 17.2 Å². The maximum absolute atomic E-state index is 13.5. The molecule has 100 valence electrons. The van der Waals surface area contributed by atoms with Crippen LogP contribution in [0, 0.1) is 12.7 Å². The summed E-state index contributed by atoms with van der Waals surface area (Å²) in [5, 5.41) is 6.50. The highest BCUT2D eigenvalue weighted by molar-refractivity contribution is 9.10. The van der Waals surface area contributed by atoms with E-state index < -0.39 is 11.7 Å². The molecule has 0 saturated carbocycles. The average molecular weight is 327 g/mol. The summed E-state index contributed by atoms with van der Waals surface area (Å²) < 4.78 is 15.2. The van der Waals surface area contributed by atoms with Crippen molar-refractivity contribution in [3.8, 4) is 0 Å². The molecule has 0 aliphatic carbocycles. The molecule has 1 aromatic carbocycles. The summed E-state index contributed by atoms with van der Waals surface area (Å²) in [6.45, 7) is 1.77. The van der Waals surface area contributed by atoms with E-state index in [4.69, 9.17) is 5.73 Å². The molecule has 0 fully saturated rings. The van der Waals surface area contributed by atoms with Gasteiger partial charge in [-0.05, 0) is 40.5 Å². The van der Waals surface area contributed by atoms with Crippen molar-refractivity contribution in [2.45, 2.75) is 6.92 Å². The topological polar surface area (TPSA) is 72.9 Å². The highest BCUT2D eigenvalue weighted by Gasteiger charge is 2.15. The Morgan fingerprint density at radius 1 is 1.53 bits per heavy atom. The molecular formula is C12H12BrFN4O. The van der Waals surface area contributed by atoms with Crippen molar-refractivity contribution >= 4 is 33.3 Å². The third-order valence-electron chi connectivity index (χ3n) is 2.74. The molecule has 7 heteroatoms. The molecule has 0 aliphatic rings. The normalized spacial score (nSPS) is 10.5. The quantitative estimate of drug-likeness (QED) is 0.890. The number of rotatable bonds is 2. The van der Waals surface area contributed by atoms with Gasteiger partial charge in [0.25, 0.3) is 5.91 Å². The first kappa shape index (κ1) is 13.5. The van der Waals surface area contributed by atoms with Gasteiger partial charge in [0.15, 0.2) is 0 Å². The number of nitrogens with one attached hydrogen (secondary N) is 1. The smallest absolute Gasteiger partial charge is 0.261 e. The first-order valence-electron chi connectivity index (χ1n) is 5.44. The average Bonchev–Trinajstić information content (AvgIpc) is 2.67. The summed E-state index contributed by atoms with van der Waals surface area (Å²) in [7, 11) is 1.64. The predicted molar refractivity (Wildman–Crippen MR) is 74.4 cm³/mol. The minimum Gasteiger partial charge on any atom is -0.383 e. The largest absolute Gasteiger partial charge is 0.383 e. The van der Waals surface area contributed by atoms with Crippen LogP contribution in [0.2, 0.25) is 0 Å². The molecule has 1 aromatic heterocycles. The van der Waals surface area contributed by atoms with E-state index in [-0.39, 0.29) is 11.4 Å². The summed E-state index contributed by atoms with van der Waals surface area (Å²) in [5.41, 5.74) is 7.10. The van der Waals surface area contributed by atoms with Gasteiger partial charge in [-0.25, -0.2) is 4.39 Å². The van der Waals surface area contributed by atoms with Gasteiger partial charge in [0.2, 0.25) is 0 Å². The van der Waals surface area contributed by atoms with Crippen molar-refractivity contribution in [2.24, 2.45) is 7.05 Å². The number of halogens is 2. The SMILES string of the molecule is Cc1cc(Br)c(F)cc1NC(=O)c1cnn(C)c1N. The number of nitrogens with two attached hydrogens (primary N) is 1. The standard InChI is InChI=1S/C12H12BrFN4O/c1-6-3-8(13)9(14)4-10(6)17-12(19)7-5-16-18(2)11(7)15/h3-5H,15H2,1-2H3,(H,17,19). The molecule has 0 bridgehead atoms. The second-order valence-corrected chi connectivity index (χ2v) is 4.96. The molecule has 0 atom stereocenters. The van der Waals surface area contributed by atoms with Crippen LogP contribution in [0.3, 0.4) is 0 Å². The second kappa shape index (κ2) is 5.00. The van der Waals surface area contributed by atoms with E-state index in [1.54, 1.807) is 20.0 Å². The fourth-order valence-electron chi connectivity index (χ4n) is 1.59. The molecular weight excluding hydrogens is 315 g/mol. The number of nitrogen functional groups attached to an aromatic ring is 1. The maximum Gasteiger partial charge on any atom is 0.261 e. The zero-order valence-electron chi connectivity index (χ0n) is 10.4. The monoisotopic (exact) mass is 326 g/mol. The summed E-state index contributed by atoms with van der Waals surface area (Å²) in [6, 6.07) is 2.85. The lowest BCUT2D eigenvalue weighted by Gasteiger charge is -2.09. The molecule has 0 aliphatic heterocycles. The van der Waals surface area contributed by atoms with Gasteiger partial charge in [-0.15, -0.1) is 0 Å². The van der Waals surface area contributed by atoms with Gasteiger partial charge < -0.3 is 11.1 Å². The number of amides is 1. The van der Waals surface area contributed by atoms with Crippen molar-refractivity contribution in [2.75, 3.05) is 11.1 Å². The molecule has 0 unspecified atom stereocenters. The van der Waals surface area contributed by atoms with Crippen LogP contribution in [0.5, 0.6) is 0 Å². The number of nitrogens with zero attached hydrogens (tertiary/aromatic N) is 2. The number of carbonyl (C=O) groups excluding carboxylic acids is 1. The number of benzene rings is 1. The number of aryl methyl sites for hydroxylation is 2. The van der Waals surface area contributed by atoms with Crippen molar-refractivity contribution in [3.05, 3.63) is 39.7 Å². The highest BCUT2D eigenvalue weighted by atomic mass is 79.9. The Hall–Kier alpha value is -1.89. The number of carbonyl (C=O) groups is 1. The Morgan fingerprint density at radius 2 is 2.21 bits per heavy atom. The zero-order valence-corrected chi connectivity index (χ0v) is 12.0. The first-order valence-corrected chi connectivity index (χ1v) is 6.24. The van der Waals surface area contributed by atoms with Crippen molar-refractivity contribution in [3.63, 3.8) is 0 Å².